The zero-order valence-corrected chi connectivity index (χ0v) is 13.9. The molecule has 1 aromatic carbocycles. The number of carbonyl (C=O) groups is 1. The van der Waals surface area contributed by atoms with Crippen molar-refractivity contribution in [1.82, 2.24) is 4.98 Å². The number of amides is 1. The van der Waals surface area contributed by atoms with Gasteiger partial charge in [-0.25, -0.2) is 4.98 Å². The summed E-state index contributed by atoms with van der Waals surface area (Å²) >= 11 is 4.89. The predicted molar refractivity (Wildman–Crippen MR) is 87.4 cm³/mol. The van der Waals surface area contributed by atoms with Crippen LogP contribution in [0, 0.1) is 6.92 Å². The van der Waals surface area contributed by atoms with Crippen LogP contribution in [-0.4, -0.2) is 10.9 Å². The van der Waals surface area contributed by atoms with Crippen LogP contribution in [0.4, 0.5) is 11.4 Å². The smallest absolute Gasteiger partial charge is 0.275 e. The highest BCUT2D eigenvalue weighted by Gasteiger charge is 2.14. The van der Waals surface area contributed by atoms with Gasteiger partial charge >= 0.3 is 0 Å². The summed E-state index contributed by atoms with van der Waals surface area (Å²) in [6, 6.07) is 3.70. The van der Waals surface area contributed by atoms with E-state index in [0.29, 0.717) is 23.0 Å². The number of carbonyl (C=O) groups excluding carboxylic acids is 1. The van der Waals surface area contributed by atoms with E-state index in [2.05, 4.69) is 40.1 Å². The number of anilines is 2. The second-order valence-corrected chi connectivity index (χ2v) is 6.67. The average molecular weight is 354 g/mol. The standard InChI is InChI=1S/C14H16BrN3OS/c1-7(2)14-18-11(6-20-14)13(19)17-10-5-9(15)4-8(3)12(10)16/h4-7H,16H2,1-3H3,(H,17,19). The van der Waals surface area contributed by atoms with Gasteiger partial charge in [-0.1, -0.05) is 29.8 Å². The van der Waals surface area contributed by atoms with E-state index in [0.717, 1.165) is 15.0 Å². The van der Waals surface area contributed by atoms with Gasteiger partial charge in [0.25, 0.3) is 5.91 Å². The quantitative estimate of drug-likeness (QED) is 0.813. The Labute approximate surface area is 130 Å². The molecule has 1 heterocycles. The Morgan fingerprint density at radius 2 is 2.15 bits per heavy atom. The Bertz CT molecular complexity index is 652. The molecule has 0 aliphatic heterocycles. The van der Waals surface area contributed by atoms with Crippen molar-refractivity contribution in [3.8, 4) is 0 Å². The summed E-state index contributed by atoms with van der Waals surface area (Å²) in [4.78, 5) is 16.5. The van der Waals surface area contributed by atoms with Gasteiger partial charge in [-0.15, -0.1) is 11.3 Å². The minimum Gasteiger partial charge on any atom is -0.397 e. The molecule has 0 aliphatic rings. The van der Waals surface area contributed by atoms with Crippen LogP contribution in [-0.2, 0) is 0 Å². The molecule has 0 bridgehead atoms. The Hall–Kier alpha value is -1.40. The molecule has 2 rings (SSSR count). The third kappa shape index (κ3) is 3.19. The third-order valence-electron chi connectivity index (χ3n) is 2.85. The SMILES string of the molecule is Cc1cc(Br)cc(NC(=O)c2csc(C(C)C)n2)c1N. The van der Waals surface area contributed by atoms with Crippen LogP contribution >= 0.6 is 27.3 Å². The highest BCUT2D eigenvalue weighted by molar-refractivity contribution is 9.10. The molecular weight excluding hydrogens is 338 g/mol. The van der Waals surface area contributed by atoms with Gasteiger partial charge in [-0.2, -0.15) is 0 Å². The van der Waals surface area contributed by atoms with Gasteiger partial charge in [0, 0.05) is 15.8 Å². The molecule has 6 heteroatoms. The fourth-order valence-corrected chi connectivity index (χ4v) is 3.09. The van der Waals surface area contributed by atoms with Crippen molar-refractivity contribution < 1.29 is 4.79 Å². The maximum absolute atomic E-state index is 12.2. The van der Waals surface area contributed by atoms with E-state index in [4.69, 9.17) is 5.73 Å². The fourth-order valence-electron chi connectivity index (χ4n) is 1.70. The van der Waals surface area contributed by atoms with Gasteiger partial charge in [0.05, 0.1) is 16.4 Å². The van der Waals surface area contributed by atoms with Gasteiger partial charge in [-0.3, -0.25) is 4.79 Å². The Kier molecular flexibility index (Phi) is 4.45. The number of nitrogen functional groups attached to an aromatic ring is 1. The summed E-state index contributed by atoms with van der Waals surface area (Å²) in [6.45, 7) is 6.00. The molecule has 0 aliphatic carbocycles. The van der Waals surface area contributed by atoms with E-state index >= 15 is 0 Å². The van der Waals surface area contributed by atoms with E-state index < -0.39 is 0 Å². The minimum absolute atomic E-state index is 0.239. The van der Waals surface area contributed by atoms with Crippen molar-refractivity contribution >= 4 is 44.5 Å². The lowest BCUT2D eigenvalue weighted by atomic mass is 10.1. The lowest BCUT2D eigenvalue weighted by Gasteiger charge is -2.10. The van der Waals surface area contributed by atoms with Crippen molar-refractivity contribution in [3.05, 3.63) is 38.3 Å². The summed E-state index contributed by atoms with van der Waals surface area (Å²) in [5, 5.41) is 5.53. The lowest BCUT2D eigenvalue weighted by molar-refractivity contribution is 0.102. The molecule has 0 unspecified atom stereocenters. The molecule has 20 heavy (non-hydrogen) atoms. The van der Waals surface area contributed by atoms with Crippen molar-refractivity contribution in [1.29, 1.82) is 0 Å². The first-order valence-corrected chi connectivity index (χ1v) is 7.88. The Morgan fingerprint density at radius 3 is 2.75 bits per heavy atom. The number of hydrogen-bond acceptors (Lipinski definition) is 4. The largest absolute Gasteiger partial charge is 0.397 e. The molecular formula is C14H16BrN3OS. The minimum atomic E-state index is -0.239. The van der Waals surface area contributed by atoms with Gasteiger partial charge in [0.15, 0.2) is 0 Å². The average Bonchev–Trinajstić information content (AvgIpc) is 2.85. The Balaban J connectivity index is 2.23. The molecule has 0 saturated carbocycles. The number of hydrogen-bond donors (Lipinski definition) is 2. The first kappa shape index (κ1) is 15.0. The third-order valence-corrected chi connectivity index (χ3v) is 4.45. The highest BCUT2D eigenvalue weighted by atomic mass is 79.9. The van der Waals surface area contributed by atoms with Gasteiger partial charge in [0.1, 0.15) is 5.69 Å². The number of aryl methyl sites for hydroxylation is 1. The van der Waals surface area contributed by atoms with Gasteiger partial charge < -0.3 is 11.1 Å². The summed E-state index contributed by atoms with van der Waals surface area (Å²) < 4.78 is 0.876. The molecule has 0 radical (unpaired) electrons. The lowest BCUT2D eigenvalue weighted by Crippen LogP contribution is -2.14. The Morgan fingerprint density at radius 1 is 1.45 bits per heavy atom. The fraction of sp³-hybridized carbons (Fsp3) is 0.286. The molecule has 0 spiro atoms. The topological polar surface area (TPSA) is 68.0 Å². The second-order valence-electron chi connectivity index (χ2n) is 4.86. The van der Waals surface area contributed by atoms with E-state index in [9.17, 15) is 4.79 Å². The van der Waals surface area contributed by atoms with Crippen LogP contribution in [0.25, 0.3) is 0 Å². The van der Waals surface area contributed by atoms with Crippen LogP contribution < -0.4 is 11.1 Å². The first-order chi connectivity index (χ1) is 9.38. The van der Waals surface area contributed by atoms with Crippen molar-refractivity contribution in [3.63, 3.8) is 0 Å². The number of nitrogens with one attached hydrogen (secondary N) is 1. The van der Waals surface area contributed by atoms with Crippen LogP contribution in [0.3, 0.4) is 0 Å². The van der Waals surface area contributed by atoms with Crippen molar-refractivity contribution in [2.45, 2.75) is 26.7 Å². The molecule has 4 nitrogen and oxygen atoms in total. The van der Waals surface area contributed by atoms with Crippen molar-refractivity contribution in [2.24, 2.45) is 0 Å². The molecule has 1 amide bonds. The highest BCUT2D eigenvalue weighted by Crippen LogP contribution is 2.28. The van der Waals surface area contributed by atoms with E-state index in [1.165, 1.54) is 11.3 Å². The molecule has 0 fully saturated rings. The normalized spacial score (nSPS) is 10.8. The number of halogens is 1. The number of benzene rings is 1. The van der Waals surface area contributed by atoms with E-state index in [1.54, 1.807) is 11.4 Å². The number of aromatic nitrogens is 1. The van der Waals surface area contributed by atoms with E-state index in [1.807, 2.05) is 13.0 Å². The molecule has 2 aromatic rings. The summed E-state index contributed by atoms with van der Waals surface area (Å²) in [7, 11) is 0. The molecule has 1 aromatic heterocycles. The maximum Gasteiger partial charge on any atom is 0.275 e. The van der Waals surface area contributed by atoms with Crippen LogP contribution in [0.15, 0.2) is 22.0 Å². The van der Waals surface area contributed by atoms with Gasteiger partial charge in [0.2, 0.25) is 0 Å². The second kappa shape index (κ2) is 5.93. The zero-order valence-electron chi connectivity index (χ0n) is 11.5. The molecule has 3 N–H and O–H groups in total. The van der Waals surface area contributed by atoms with Crippen LogP contribution in [0.5, 0.6) is 0 Å². The molecule has 0 saturated heterocycles. The van der Waals surface area contributed by atoms with Gasteiger partial charge in [-0.05, 0) is 24.6 Å². The molecule has 0 atom stereocenters. The number of rotatable bonds is 3. The van der Waals surface area contributed by atoms with E-state index in [-0.39, 0.29) is 5.91 Å². The number of thiazole rings is 1. The predicted octanol–water partition coefficient (Wildman–Crippen LogP) is 4.17. The van der Waals surface area contributed by atoms with Crippen LogP contribution in [0.2, 0.25) is 0 Å². The zero-order chi connectivity index (χ0) is 14.9. The number of nitrogens with two attached hydrogens (primary N) is 1. The maximum atomic E-state index is 12.2. The summed E-state index contributed by atoms with van der Waals surface area (Å²) in [6.07, 6.45) is 0. The number of nitrogens with zero attached hydrogens (tertiary/aromatic N) is 1. The first-order valence-electron chi connectivity index (χ1n) is 6.21. The monoisotopic (exact) mass is 353 g/mol. The summed E-state index contributed by atoms with van der Waals surface area (Å²) in [5.74, 6) is 0.0806. The van der Waals surface area contributed by atoms with Crippen molar-refractivity contribution in [2.75, 3.05) is 11.1 Å². The molecule has 106 valence electrons. The summed E-state index contributed by atoms with van der Waals surface area (Å²) in [5.41, 5.74) is 8.49. The van der Waals surface area contributed by atoms with Crippen LogP contribution in [0.1, 0.15) is 40.8 Å².